The van der Waals surface area contributed by atoms with Gasteiger partial charge >= 0.3 is 11.9 Å². The van der Waals surface area contributed by atoms with Gasteiger partial charge in [0.05, 0.1) is 0 Å². The molecule has 4 nitrogen and oxygen atoms in total. The molecule has 0 aromatic rings. The highest BCUT2D eigenvalue weighted by Gasteiger charge is 2.21. The maximum Gasteiger partial charge on any atom is 0.317 e. The molecule has 0 aromatic heterocycles. The lowest BCUT2D eigenvalue weighted by Gasteiger charge is -2.20. The van der Waals surface area contributed by atoms with Crippen molar-refractivity contribution in [3.8, 4) is 0 Å². The predicted octanol–water partition coefficient (Wildman–Crippen LogP) is 7.81. The zero-order valence-corrected chi connectivity index (χ0v) is 20.1. The lowest BCUT2D eigenvalue weighted by Crippen LogP contribution is -2.24. The minimum absolute atomic E-state index is 0.0268. The van der Waals surface area contributed by atoms with Crippen molar-refractivity contribution in [3.05, 3.63) is 0 Å². The number of esters is 2. The van der Waals surface area contributed by atoms with Crippen molar-refractivity contribution in [1.82, 2.24) is 0 Å². The van der Waals surface area contributed by atoms with Gasteiger partial charge in [-0.15, -0.1) is 0 Å². The van der Waals surface area contributed by atoms with Crippen LogP contribution in [0.2, 0.25) is 0 Å². The standard InChI is InChI=1S/C27H48O4/c28-26(30-24-19-15-11-7-3-1-4-8-12-16-20-24)23-27(29)31-25-21-17-13-9-5-2-6-10-14-18-22-25/h24-25H,1-23H2. The fraction of sp³-hybridized carbons (Fsp3) is 0.926. The Hall–Kier alpha value is -1.06. The summed E-state index contributed by atoms with van der Waals surface area (Å²) >= 11 is 0. The van der Waals surface area contributed by atoms with E-state index >= 15 is 0 Å². The average molecular weight is 437 g/mol. The number of carbonyl (C=O) groups is 2. The topological polar surface area (TPSA) is 52.6 Å². The van der Waals surface area contributed by atoms with Gasteiger partial charge in [-0.1, -0.05) is 89.9 Å². The minimum Gasteiger partial charge on any atom is -0.462 e. The molecule has 0 aliphatic heterocycles. The summed E-state index contributed by atoms with van der Waals surface area (Å²) in [4.78, 5) is 24.8. The van der Waals surface area contributed by atoms with Crippen LogP contribution in [0.25, 0.3) is 0 Å². The van der Waals surface area contributed by atoms with Crippen LogP contribution in [0.15, 0.2) is 0 Å². The summed E-state index contributed by atoms with van der Waals surface area (Å²) in [6.07, 6.45) is 26.0. The summed E-state index contributed by atoms with van der Waals surface area (Å²) in [5.74, 6) is -0.787. The van der Waals surface area contributed by atoms with Crippen LogP contribution in [0, 0.1) is 0 Å². The Kier molecular flexibility index (Phi) is 14.8. The number of ether oxygens (including phenoxy) is 2. The van der Waals surface area contributed by atoms with Gasteiger partial charge in [0.15, 0.2) is 0 Å². The maximum atomic E-state index is 12.4. The van der Waals surface area contributed by atoms with E-state index in [4.69, 9.17) is 9.47 Å². The van der Waals surface area contributed by atoms with E-state index in [-0.39, 0.29) is 18.6 Å². The van der Waals surface area contributed by atoms with Gasteiger partial charge in [-0.3, -0.25) is 9.59 Å². The van der Waals surface area contributed by atoms with E-state index in [0.717, 1.165) is 51.4 Å². The second-order valence-electron chi connectivity index (χ2n) is 9.92. The first kappa shape index (κ1) is 26.2. The van der Waals surface area contributed by atoms with Crippen LogP contribution in [0.4, 0.5) is 0 Å². The molecule has 0 unspecified atom stereocenters. The summed E-state index contributed by atoms with van der Waals surface area (Å²) < 4.78 is 11.5. The highest BCUT2D eigenvalue weighted by Crippen LogP contribution is 2.21. The summed E-state index contributed by atoms with van der Waals surface area (Å²) in [6, 6.07) is 0. The number of carbonyl (C=O) groups excluding carboxylic acids is 2. The first-order valence-electron chi connectivity index (χ1n) is 13.6. The number of hydrogen-bond donors (Lipinski definition) is 0. The van der Waals surface area contributed by atoms with Crippen LogP contribution in [0.3, 0.4) is 0 Å². The van der Waals surface area contributed by atoms with E-state index in [1.807, 2.05) is 0 Å². The van der Waals surface area contributed by atoms with Crippen molar-refractivity contribution in [2.24, 2.45) is 0 Å². The maximum absolute atomic E-state index is 12.4. The summed E-state index contributed by atoms with van der Waals surface area (Å²) in [5.41, 5.74) is 0. The third-order valence-electron chi connectivity index (χ3n) is 6.99. The normalized spacial score (nSPS) is 22.7. The second-order valence-corrected chi connectivity index (χ2v) is 9.92. The molecule has 2 saturated carbocycles. The molecule has 2 rings (SSSR count). The Morgan fingerprint density at radius 2 is 0.645 bits per heavy atom. The Morgan fingerprint density at radius 1 is 0.419 bits per heavy atom. The highest BCUT2D eigenvalue weighted by molar-refractivity contribution is 5.91. The molecule has 180 valence electrons. The van der Waals surface area contributed by atoms with Crippen molar-refractivity contribution in [2.75, 3.05) is 0 Å². The molecule has 0 radical (unpaired) electrons. The quantitative estimate of drug-likeness (QED) is 0.333. The predicted molar refractivity (Wildman–Crippen MR) is 126 cm³/mol. The van der Waals surface area contributed by atoms with Crippen LogP contribution in [-0.2, 0) is 19.1 Å². The molecule has 0 amide bonds. The number of hydrogen-bond acceptors (Lipinski definition) is 4. The van der Waals surface area contributed by atoms with Crippen LogP contribution in [-0.4, -0.2) is 24.1 Å². The van der Waals surface area contributed by atoms with Gasteiger partial charge in [0, 0.05) is 0 Å². The monoisotopic (exact) mass is 436 g/mol. The minimum atomic E-state index is -0.393. The lowest BCUT2D eigenvalue weighted by atomic mass is 9.99. The molecule has 2 aliphatic carbocycles. The molecule has 31 heavy (non-hydrogen) atoms. The molecule has 2 aliphatic rings. The van der Waals surface area contributed by atoms with Crippen molar-refractivity contribution >= 4 is 11.9 Å². The molecule has 0 aromatic carbocycles. The van der Waals surface area contributed by atoms with E-state index < -0.39 is 11.9 Å². The SMILES string of the molecule is O=C(CC(=O)OC1CCCCCCCCCCC1)OC1CCCCCCCCCCC1. The smallest absolute Gasteiger partial charge is 0.317 e. The van der Waals surface area contributed by atoms with E-state index in [9.17, 15) is 9.59 Å². The van der Waals surface area contributed by atoms with Crippen LogP contribution in [0.5, 0.6) is 0 Å². The van der Waals surface area contributed by atoms with Gasteiger partial charge in [0.1, 0.15) is 18.6 Å². The largest absolute Gasteiger partial charge is 0.462 e. The van der Waals surface area contributed by atoms with Gasteiger partial charge < -0.3 is 9.47 Å². The van der Waals surface area contributed by atoms with Crippen molar-refractivity contribution in [2.45, 2.75) is 160 Å². The fourth-order valence-electron chi connectivity index (χ4n) is 5.06. The summed E-state index contributed by atoms with van der Waals surface area (Å²) in [5, 5.41) is 0. The van der Waals surface area contributed by atoms with Crippen LogP contribution < -0.4 is 0 Å². The molecular formula is C27H48O4. The molecule has 0 heterocycles. The first-order valence-corrected chi connectivity index (χ1v) is 13.6. The van der Waals surface area contributed by atoms with Gasteiger partial charge in [-0.05, 0) is 51.4 Å². The molecule has 2 fully saturated rings. The third kappa shape index (κ3) is 13.9. The molecule has 0 spiro atoms. The van der Waals surface area contributed by atoms with E-state index in [2.05, 4.69) is 0 Å². The highest BCUT2D eigenvalue weighted by atomic mass is 16.6. The molecule has 4 heteroatoms. The van der Waals surface area contributed by atoms with Crippen molar-refractivity contribution in [3.63, 3.8) is 0 Å². The first-order chi connectivity index (χ1) is 15.2. The van der Waals surface area contributed by atoms with Crippen molar-refractivity contribution < 1.29 is 19.1 Å². The van der Waals surface area contributed by atoms with E-state index in [1.165, 1.54) is 89.9 Å². The Bertz CT molecular complexity index is 410. The van der Waals surface area contributed by atoms with Crippen LogP contribution >= 0.6 is 0 Å². The van der Waals surface area contributed by atoms with Gasteiger partial charge in [-0.2, -0.15) is 0 Å². The Morgan fingerprint density at radius 3 is 0.903 bits per heavy atom. The van der Waals surface area contributed by atoms with Crippen molar-refractivity contribution in [1.29, 1.82) is 0 Å². The molecular weight excluding hydrogens is 388 g/mol. The van der Waals surface area contributed by atoms with Gasteiger partial charge in [0.25, 0.3) is 0 Å². The molecule has 0 bridgehead atoms. The van der Waals surface area contributed by atoms with E-state index in [0.29, 0.717) is 0 Å². The molecule has 0 atom stereocenters. The second kappa shape index (κ2) is 17.5. The van der Waals surface area contributed by atoms with Crippen LogP contribution in [0.1, 0.15) is 148 Å². The Labute approximate surface area is 191 Å². The Balaban J connectivity index is 1.71. The average Bonchev–Trinajstić information content (AvgIpc) is 2.72. The summed E-state index contributed by atoms with van der Waals surface area (Å²) in [6.45, 7) is 0. The zero-order chi connectivity index (χ0) is 22.0. The fourth-order valence-corrected chi connectivity index (χ4v) is 5.06. The lowest BCUT2D eigenvalue weighted by molar-refractivity contribution is -0.161. The van der Waals surface area contributed by atoms with E-state index in [1.54, 1.807) is 0 Å². The number of rotatable bonds is 4. The zero-order valence-electron chi connectivity index (χ0n) is 20.1. The molecule has 0 saturated heterocycles. The summed E-state index contributed by atoms with van der Waals surface area (Å²) in [7, 11) is 0. The van der Waals surface area contributed by atoms with Gasteiger partial charge in [-0.25, -0.2) is 0 Å². The molecule has 0 N–H and O–H groups in total. The third-order valence-corrected chi connectivity index (χ3v) is 6.99. The van der Waals surface area contributed by atoms with Gasteiger partial charge in [0.2, 0.25) is 0 Å².